The molecule has 82 valence electrons. The molecule has 0 aliphatic heterocycles. The molecule has 0 aromatic rings. The fourth-order valence-corrected chi connectivity index (χ4v) is 2.22. The zero-order valence-corrected chi connectivity index (χ0v) is 9.00. The van der Waals surface area contributed by atoms with Crippen molar-refractivity contribution >= 4 is 5.78 Å². The van der Waals surface area contributed by atoms with Gasteiger partial charge in [0.25, 0.3) is 0 Å². The second-order valence-electron chi connectivity index (χ2n) is 3.99. The molecule has 2 unspecified atom stereocenters. The summed E-state index contributed by atoms with van der Waals surface area (Å²) in [5.41, 5.74) is 5.67. The van der Waals surface area contributed by atoms with E-state index in [4.69, 9.17) is 10.5 Å². The smallest absolute Gasteiger partial charge is 0.161 e. The summed E-state index contributed by atoms with van der Waals surface area (Å²) < 4.78 is 5.15. The van der Waals surface area contributed by atoms with Gasteiger partial charge in [-0.15, -0.1) is 0 Å². The van der Waals surface area contributed by atoms with E-state index in [-0.39, 0.29) is 18.3 Å². The summed E-state index contributed by atoms with van der Waals surface area (Å²) in [6, 6.07) is 0. The Kier molecular flexibility index (Phi) is 5.12. The first-order chi connectivity index (χ1) is 6.79. The average molecular weight is 199 g/mol. The Labute approximate surface area is 86.0 Å². The average Bonchev–Trinajstić information content (AvgIpc) is 2.25. The van der Waals surface area contributed by atoms with Crippen molar-refractivity contribution in [2.45, 2.75) is 32.6 Å². The van der Waals surface area contributed by atoms with E-state index in [0.29, 0.717) is 19.1 Å². The topological polar surface area (TPSA) is 52.3 Å². The third-order valence-electron chi connectivity index (χ3n) is 3.07. The predicted octanol–water partition coefficient (Wildman–Crippen LogP) is 1.36. The molecule has 0 saturated heterocycles. The van der Waals surface area contributed by atoms with Crippen LogP contribution in [0.1, 0.15) is 32.6 Å². The van der Waals surface area contributed by atoms with Gasteiger partial charge in [-0.05, 0) is 32.2 Å². The molecular weight excluding hydrogens is 178 g/mol. The van der Waals surface area contributed by atoms with Crippen molar-refractivity contribution in [1.82, 2.24) is 0 Å². The zero-order chi connectivity index (χ0) is 10.4. The van der Waals surface area contributed by atoms with E-state index < -0.39 is 0 Å². The van der Waals surface area contributed by atoms with Gasteiger partial charge >= 0.3 is 0 Å². The quantitative estimate of drug-likeness (QED) is 0.727. The van der Waals surface area contributed by atoms with Crippen molar-refractivity contribution in [3.63, 3.8) is 0 Å². The van der Waals surface area contributed by atoms with Gasteiger partial charge in [-0.3, -0.25) is 4.79 Å². The van der Waals surface area contributed by atoms with Crippen molar-refractivity contribution in [3.05, 3.63) is 0 Å². The predicted molar refractivity (Wildman–Crippen MR) is 56.0 cm³/mol. The Bertz CT molecular complexity index is 182. The maximum atomic E-state index is 11.7. The van der Waals surface area contributed by atoms with Crippen LogP contribution in [-0.2, 0) is 9.53 Å². The summed E-state index contributed by atoms with van der Waals surface area (Å²) in [6.07, 6.45) is 4.51. The van der Waals surface area contributed by atoms with Crippen molar-refractivity contribution in [2.24, 2.45) is 17.6 Å². The summed E-state index contributed by atoms with van der Waals surface area (Å²) in [4.78, 5) is 11.7. The first-order valence-electron chi connectivity index (χ1n) is 5.60. The lowest BCUT2D eigenvalue weighted by Gasteiger charge is -2.29. The lowest BCUT2D eigenvalue weighted by molar-refractivity contribution is -0.130. The highest BCUT2D eigenvalue weighted by atomic mass is 16.5. The van der Waals surface area contributed by atoms with E-state index in [2.05, 4.69) is 0 Å². The van der Waals surface area contributed by atoms with Gasteiger partial charge in [0.2, 0.25) is 0 Å². The van der Waals surface area contributed by atoms with Crippen LogP contribution in [0.3, 0.4) is 0 Å². The second-order valence-corrected chi connectivity index (χ2v) is 3.99. The normalized spacial score (nSPS) is 27.6. The highest BCUT2D eigenvalue weighted by Crippen LogP contribution is 2.29. The molecule has 1 aliphatic carbocycles. The minimum Gasteiger partial charge on any atom is -0.374 e. The Hall–Kier alpha value is -0.410. The monoisotopic (exact) mass is 199 g/mol. The van der Waals surface area contributed by atoms with E-state index in [1.165, 1.54) is 12.8 Å². The SMILES string of the molecule is CCOCC(=O)C1CCCCC1CN. The van der Waals surface area contributed by atoms with Gasteiger partial charge in [-0.2, -0.15) is 0 Å². The summed E-state index contributed by atoms with van der Waals surface area (Å²) >= 11 is 0. The van der Waals surface area contributed by atoms with Crippen LogP contribution in [0.25, 0.3) is 0 Å². The van der Waals surface area contributed by atoms with Crippen LogP contribution in [0, 0.1) is 11.8 Å². The van der Waals surface area contributed by atoms with Crippen LogP contribution in [0.4, 0.5) is 0 Å². The maximum Gasteiger partial charge on any atom is 0.161 e. The van der Waals surface area contributed by atoms with Gasteiger partial charge in [0.05, 0.1) is 0 Å². The van der Waals surface area contributed by atoms with E-state index in [1.54, 1.807) is 0 Å². The van der Waals surface area contributed by atoms with Crippen LogP contribution >= 0.6 is 0 Å². The zero-order valence-electron chi connectivity index (χ0n) is 9.00. The van der Waals surface area contributed by atoms with Crippen molar-refractivity contribution in [2.75, 3.05) is 19.8 Å². The molecule has 0 heterocycles. The molecule has 1 rings (SSSR count). The van der Waals surface area contributed by atoms with Gasteiger partial charge in [-0.1, -0.05) is 12.8 Å². The number of ketones is 1. The van der Waals surface area contributed by atoms with E-state index in [0.717, 1.165) is 12.8 Å². The molecular formula is C11H21NO2. The number of nitrogens with two attached hydrogens (primary N) is 1. The van der Waals surface area contributed by atoms with Gasteiger partial charge in [0.15, 0.2) is 5.78 Å². The summed E-state index contributed by atoms with van der Waals surface area (Å²) in [5.74, 6) is 0.819. The number of Topliss-reactive ketones (excluding diaryl/α,β-unsaturated/α-hetero) is 1. The van der Waals surface area contributed by atoms with E-state index in [1.807, 2.05) is 6.92 Å². The van der Waals surface area contributed by atoms with Crippen molar-refractivity contribution < 1.29 is 9.53 Å². The van der Waals surface area contributed by atoms with Crippen LogP contribution in [0.2, 0.25) is 0 Å². The standard InChI is InChI=1S/C11H21NO2/c1-2-14-8-11(13)10-6-4-3-5-9(10)7-12/h9-10H,2-8,12H2,1H3. The third-order valence-corrected chi connectivity index (χ3v) is 3.07. The Balaban J connectivity index is 2.41. The van der Waals surface area contributed by atoms with Gasteiger partial charge in [-0.25, -0.2) is 0 Å². The second kappa shape index (κ2) is 6.14. The molecule has 0 aromatic carbocycles. The molecule has 3 nitrogen and oxygen atoms in total. The van der Waals surface area contributed by atoms with Crippen molar-refractivity contribution in [1.29, 1.82) is 0 Å². The first-order valence-corrected chi connectivity index (χ1v) is 5.60. The lowest BCUT2D eigenvalue weighted by atomic mass is 9.77. The largest absolute Gasteiger partial charge is 0.374 e. The van der Waals surface area contributed by atoms with Crippen molar-refractivity contribution in [3.8, 4) is 0 Å². The number of hydrogen-bond donors (Lipinski definition) is 1. The van der Waals surface area contributed by atoms with Crippen LogP contribution < -0.4 is 5.73 Å². The highest BCUT2D eigenvalue weighted by Gasteiger charge is 2.29. The minimum atomic E-state index is 0.167. The maximum absolute atomic E-state index is 11.7. The molecule has 3 heteroatoms. The molecule has 2 N–H and O–H groups in total. The molecule has 0 bridgehead atoms. The molecule has 0 aromatic heterocycles. The molecule has 0 spiro atoms. The Morgan fingerprint density at radius 3 is 2.79 bits per heavy atom. The molecule has 2 atom stereocenters. The molecule has 0 amide bonds. The molecule has 1 saturated carbocycles. The fraction of sp³-hybridized carbons (Fsp3) is 0.909. The Morgan fingerprint density at radius 2 is 2.14 bits per heavy atom. The fourth-order valence-electron chi connectivity index (χ4n) is 2.22. The summed E-state index contributed by atoms with van der Waals surface area (Å²) in [6.45, 7) is 3.44. The van der Waals surface area contributed by atoms with Gasteiger partial charge < -0.3 is 10.5 Å². The number of hydrogen-bond acceptors (Lipinski definition) is 3. The number of carbonyl (C=O) groups is 1. The van der Waals surface area contributed by atoms with Gasteiger partial charge in [0, 0.05) is 12.5 Å². The summed E-state index contributed by atoms with van der Waals surface area (Å²) in [7, 11) is 0. The lowest BCUT2D eigenvalue weighted by Crippen LogP contribution is -2.34. The molecule has 1 aliphatic rings. The number of carbonyl (C=O) groups excluding carboxylic acids is 1. The number of ether oxygens (including phenoxy) is 1. The molecule has 14 heavy (non-hydrogen) atoms. The molecule has 1 fully saturated rings. The number of rotatable bonds is 5. The third kappa shape index (κ3) is 3.07. The summed E-state index contributed by atoms with van der Waals surface area (Å²) in [5, 5.41) is 0. The first kappa shape index (κ1) is 11.7. The minimum absolute atomic E-state index is 0.167. The van der Waals surface area contributed by atoms with E-state index in [9.17, 15) is 4.79 Å². The Morgan fingerprint density at radius 1 is 1.43 bits per heavy atom. The highest BCUT2D eigenvalue weighted by molar-refractivity contribution is 5.82. The van der Waals surface area contributed by atoms with Gasteiger partial charge in [0.1, 0.15) is 6.61 Å². The van der Waals surface area contributed by atoms with Crippen LogP contribution in [0.15, 0.2) is 0 Å². The van der Waals surface area contributed by atoms with Crippen LogP contribution in [0.5, 0.6) is 0 Å². The van der Waals surface area contributed by atoms with E-state index >= 15 is 0 Å². The van der Waals surface area contributed by atoms with Crippen LogP contribution in [-0.4, -0.2) is 25.5 Å². The molecule has 0 radical (unpaired) electrons.